The SMILES string of the molecule is C[B]CC([B]C)C[B]C. The molecule has 0 saturated carbocycles. The largest absolute Gasteiger partial charge is 0.108 e. The maximum Gasteiger partial charge on any atom is 0.108 e. The molecule has 0 aromatic carbocycles. The van der Waals surface area contributed by atoms with Crippen molar-refractivity contribution >= 4 is 21.8 Å². The molecular weight excluding hydrogens is 105 g/mol. The van der Waals surface area contributed by atoms with E-state index in [4.69, 9.17) is 0 Å². The van der Waals surface area contributed by atoms with Gasteiger partial charge >= 0.3 is 0 Å². The molecule has 0 heterocycles. The smallest absolute Gasteiger partial charge is 0.0920 e. The highest BCUT2D eigenvalue weighted by Crippen LogP contribution is 2.14. The van der Waals surface area contributed by atoms with Crippen LogP contribution in [0.3, 0.4) is 0 Å². The fourth-order valence-corrected chi connectivity index (χ4v) is 0.974. The highest BCUT2D eigenvalue weighted by Gasteiger charge is 2.03. The number of hydrogen-bond donors (Lipinski definition) is 0. The molecule has 0 fully saturated rings. The van der Waals surface area contributed by atoms with Gasteiger partial charge in [-0.2, -0.15) is 0 Å². The van der Waals surface area contributed by atoms with Gasteiger partial charge in [0.2, 0.25) is 0 Å². The summed E-state index contributed by atoms with van der Waals surface area (Å²) in [6.45, 7) is 6.37. The van der Waals surface area contributed by atoms with Crippen LogP contribution in [0.5, 0.6) is 0 Å². The average Bonchev–Trinajstić information content (AvgIpc) is 1.88. The lowest BCUT2D eigenvalue weighted by molar-refractivity contribution is 1.04. The van der Waals surface area contributed by atoms with Gasteiger partial charge in [0.15, 0.2) is 0 Å². The van der Waals surface area contributed by atoms with E-state index in [2.05, 4.69) is 42.3 Å². The Balaban J connectivity index is 3.18. The molecule has 3 radical (unpaired) electrons. The molecule has 0 rings (SSSR count). The molecule has 0 aliphatic heterocycles. The van der Waals surface area contributed by atoms with Crippen LogP contribution in [-0.4, -0.2) is 21.8 Å². The normalized spacial score (nSPS) is 9.33. The minimum atomic E-state index is 0.778. The van der Waals surface area contributed by atoms with Gasteiger partial charge < -0.3 is 0 Å². The Bertz CT molecular complexity index is 50.3. The lowest BCUT2D eigenvalue weighted by Crippen LogP contribution is -2.03. The quantitative estimate of drug-likeness (QED) is 0.484. The van der Waals surface area contributed by atoms with Gasteiger partial charge in [-0.15, -0.1) is 0 Å². The Labute approximate surface area is 61.5 Å². The third kappa shape index (κ3) is 4.68. The molecule has 0 aliphatic rings. The van der Waals surface area contributed by atoms with E-state index >= 15 is 0 Å². The zero-order valence-corrected chi connectivity index (χ0v) is 6.72. The molecule has 0 aromatic rings. The Morgan fingerprint density at radius 3 is 1.67 bits per heavy atom. The highest BCUT2D eigenvalue weighted by molar-refractivity contribution is 6.45. The lowest BCUT2D eigenvalue weighted by Gasteiger charge is -2.09. The maximum absolute atomic E-state index is 2.28. The first-order chi connectivity index (χ1) is 4.35. The Morgan fingerprint density at radius 2 is 1.44 bits per heavy atom. The van der Waals surface area contributed by atoms with Crippen molar-refractivity contribution in [3.8, 4) is 0 Å². The summed E-state index contributed by atoms with van der Waals surface area (Å²) in [7, 11) is 6.74. The van der Waals surface area contributed by atoms with Gasteiger partial charge in [0, 0.05) is 0 Å². The predicted octanol–water partition coefficient (Wildman–Crippen LogP) is 1.87. The fourth-order valence-electron chi connectivity index (χ4n) is 0.974. The average molecular weight is 119 g/mol. The van der Waals surface area contributed by atoms with Crippen LogP contribution >= 0.6 is 0 Å². The van der Waals surface area contributed by atoms with E-state index in [1.54, 1.807) is 0 Å². The molecule has 47 valence electrons. The summed E-state index contributed by atoms with van der Waals surface area (Å²) in [6, 6.07) is 0. The molecule has 0 atom stereocenters. The summed E-state index contributed by atoms with van der Waals surface area (Å²) in [5.41, 5.74) is 0. The molecule has 0 amide bonds. The molecular formula is C6H14B3. The molecule has 3 heteroatoms. The maximum atomic E-state index is 2.28. The third-order valence-corrected chi connectivity index (χ3v) is 1.55. The van der Waals surface area contributed by atoms with Gasteiger partial charge in [-0.1, -0.05) is 38.9 Å². The molecule has 0 bridgehead atoms. The second-order valence-corrected chi connectivity index (χ2v) is 2.38. The molecule has 0 saturated heterocycles. The van der Waals surface area contributed by atoms with Crippen LogP contribution in [0.1, 0.15) is 0 Å². The van der Waals surface area contributed by atoms with Crippen LogP contribution in [0.4, 0.5) is 0 Å². The van der Waals surface area contributed by atoms with Crippen molar-refractivity contribution in [3.05, 3.63) is 0 Å². The van der Waals surface area contributed by atoms with E-state index in [1.807, 2.05) is 0 Å². The van der Waals surface area contributed by atoms with E-state index in [0.29, 0.717) is 0 Å². The standard InChI is InChI=1S/C6H14B3/c1-7-4-6(9-3)5-8-2/h6H,4-5H2,1-3H3. The van der Waals surface area contributed by atoms with Crippen LogP contribution in [0.15, 0.2) is 0 Å². The first-order valence-corrected chi connectivity index (χ1v) is 3.70. The predicted molar refractivity (Wildman–Crippen MR) is 48.2 cm³/mol. The summed E-state index contributed by atoms with van der Waals surface area (Å²) in [5.74, 6) is 0.778. The van der Waals surface area contributed by atoms with Crippen LogP contribution in [-0.2, 0) is 0 Å². The van der Waals surface area contributed by atoms with Gasteiger partial charge in [0.25, 0.3) is 0 Å². The third-order valence-electron chi connectivity index (χ3n) is 1.55. The summed E-state index contributed by atoms with van der Waals surface area (Å²) >= 11 is 0. The second-order valence-electron chi connectivity index (χ2n) is 2.38. The van der Waals surface area contributed by atoms with E-state index in [9.17, 15) is 0 Å². The summed E-state index contributed by atoms with van der Waals surface area (Å²) < 4.78 is 0. The molecule has 0 N–H and O–H groups in total. The lowest BCUT2D eigenvalue weighted by atomic mass is 9.50. The Morgan fingerprint density at radius 1 is 1.00 bits per heavy atom. The minimum absolute atomic E-state index is 0.778. The summed E-state index contributed by atoms with van der Waals surface area (Å²) in [4.78, 5) is 0. The van der Waals surface area contributed by atoms with Crippen molar-refractivity contribution in [1.82, 2.24) is 0 Å². The first kappa shape index (κ1) is 9.19. The van der Waals surface area contributed by atoms with Crippen LogP contribution in [0.25, 0.3) is 0 Å². The molecule has 9 heavy (non-hydrogen) atoms. The summed E-state index contributed by atoms with van der Waals surface area (Å²) in [5, 5.41) is 0. The minimum Gasteiger partial charge on any atom is -0.0920 e. The van der Waals surface area contributed by atoms with Crippen molar-refractivity contribution < 1.29 is 0 Å². The zero-order valence-electron chi connectivity index (χ0n) is 6.72. The van der Waals surface area contributed by atoms with Gasteiger partial charge in [-0.05, 0) is 0 Å². The van der Waals surface area contributed by atoms with Gasteiger partial charge in [0.1, 0.15) is 21.8 Å². The monoisotopic (exact) mass is 119 g/mol. The number of hydrogen-bond acceptors (Lipinski definition) is 0. The van der Waals surface area contributed by atoms with Crippen LogP contribution in [0, 0.1) is 0 Å². The van der Waals surface area contributed by atoms with E-state index < -0.39 is 0 Å². The fraction of sp³-hybridized carbons (Fsp3) is 1.00. The van der Waals surface area contributed by atoms with Gasteiger partial charge in [-0.25, -0.2) is 0 Å². The Hall–Kier alpha value is 0.195. The van der Waals surface area contributed by atoms with Crippen LogP contribution in [0.2, 0.25) is 38.9 Å². The van der Waals surface area contributed by atoms with E-state index in [1.165, 1.54) is 12.6 Å². The molecule has 0 aliphatic carbocycles. The topological polar surface area (TPSA) is 0 Å². The first-order valence-electron chi connectivity index (χ1n) is 3.70. The van der Waals surface area contributed by atoms with Crippen molar-refractivity contribution in [2.24, 2.45) is 0 Å². The molecule has 0 nitrogen and oxygen atoms in total. The molecule has 0 spiro atoms. The summed E-state index contributed by atoms with van der Waals surface area (Å²) in [6.07, 6.45) is 2.45. The van der Waals surface area contributed by atoms with E-state index in [0.717, 1.165) is 5.82 Å². The number of rotatable bonds is 5. The molecule has 0 aromatic heterocycles. The zero-order chi connectivity index (χ0) is 7.11. The van der Waals surface area contributed by atoms with Gasteiger partial charge in [-0.3, -0.25) is 0 Å². The van der Waals surface area contributed by atoms with Crippen molar-refractivity contribution in [1.29, 1.82) is 0 Å². The second kappa shape index (κ2) is 6.32. The highest BCUT2D eigenvalue weighted by atomic mass is 13.8. The molecule has 0 unspecified atom stereocenters. The van der Waals surface area contributed by atoms with Crippen molar-refractivity contribution in [2.45, 2.75) is 38.9 Å². The van der Waals surface area contributed by atoms with Crippen molar-refractivity contribution in [3.63, 3.8) is 0 Å². The van der Waals surface area contributed by atoms with Crippen molar-refractivity contribution in [2.75, 3.05) is 0 Å². The van der Waals surface area contributed by atoms with Gasteiger partial charge in [0.05, 0.1) is 0 Å². The Kier molecular flexibility index (Phi) is 6.45. The van der Waals surface area contributed by atoms with E-state index in [-0.39, 0.29) is 0 Å². The van der Waals surface area contributed by atoms with Crippen LogP contribution < -0.4 is 0 Å².